The van der Waals surface area contributed by atoms with Crippen molar-refractivity contribution in [3.8, 4) is 0 Å². The largest absolute Gasteiger partial charge is 0.417 e. The minimum Gasteiger partial charge on any atom is -0.387 e. The van der Waals surface area contributed by atoms with E-state index in [0.29, 0.717) is 5.17 Å². The normalized spacial score (nSPS) is 40.6. The van der Waals surface area contributed by atoms with Gasteiger partial charge in [0, 0.05) is 7.05 Å². The van der Waals surface area contributed by atoms with Gasteiger partial charge in [-0.1, -0.05) is 11.8 Å². The summed E-state index contributed by atoms with van der Waals surface area (Å²) in [4.78, 5) is 3.86. The van der Waals surface area contributed by atoms with Crippen molar-refractivity contribution in [2.45, 2.75) is 42.1 Å². The average Bonchev–Trinajstić information content (AvgIpc) is 2.75. The van der Waals surface area contributed by atoms with Gasteiger partial charge in [0.15, 0.2) is 17.4 Å². The molecule has 2 aliphatic rings. The molecule has 1 saturated heterocycles. The summed E-state index contributed by atoms with van der Waals surface area (Å²) in [6, 6.07) is -1.08. The second kappa shape index (κ2) is 5.08. The summed E-state index contributed by atoms with van der Waals surface area (Å²) < 4.78 is 56.1. The molecule has 0 amide bonds. The Labute approximate surface area is 110 Å². The lowest BCUT2D eigenvalue weighted by molar-refractivity contribution is -0.267. The highest BCUT2D eigenvalue weighted by Crippen LogP contribution is 2.40. The monoisotopic (exact) mass is 304 g/mol. The second-order valence-electron chi connectivity index (χ2n) is 4.18. The van der Waals surface area contributed by atoms with Crippen molar-refractivity contribution in [2.75, 3.05) is 7.05 Å². The predicted octanol–water partition coefficient (Wildman–Crippen LogP) is 0.0243. The number of aliphatic imine (C=N–C) groups is 1. The zero-order valence-corrected chi connectivity index (χ0v) is 10.5. The molecule has 0 aromatic heterocycles. The summed E-state index contributed by atoms with van der Waals surface area (Å²) in [5, 5.41) is 21.6. The molecule has 10 heteroatoms. The number of halogens is 4. The minimum atomic E-state index is -4.99. The van der Waals surface area contributed by atoms with E-state index < -0.39 is 42.1 Å². The Bertz CT molecular complexity index is 381. The lowest BCUT2D eigenvalue weighted by Crippen LogP contribution is -2.59. The molecule has 0 aromatic rings. The minimum absolute atomic E-state index is 0.312. The van der Waals surface area contributed by atoms with Crippen molar-refractivity contribution in [2.24, 2.45) is 4.99 Å². The van der Waals surface area contributed by atoms with Crippen LogP contribution in [-0.2, 0) is 4.74 Å². The van der Waals surface area contributed by atoms with Crippen molar-refractivity contribution in [3.63, 3.8) is 0 Å². The Morgan fingerprint density at radius 3 is 2.63 bits per heavy atom. The number of fused-ring (bicyclic) bond motifs is 1. The fourth-order valence-corrected chi connectivity index (χ4v) is 2.98. The van der Waals surface area contributed by atoms with Crippen LogP contribution in [0.25, 0.3) is 0 Å². The molecule has 0 aliphatic carbocycles. The van der Waals surface area contributed by atoms with Crippen LogP contribution in [0.5, 0.6) is 0 Å². The van der Waals surface area contributed by atoms with Crippen molar-refractivity contribution < 1.29 is 32.5 Å². The number of amidine groups is 1. The van der Waals surface area contributed by atoms with Gasteiger partial charge in [0.1, 0.15) is 23.7 Å². The van der Waals surface area contributed by atoms with Crippen LogP contribution in [0, 0.1) is 0 Å². The van der Waals surface area contributed by atoms with E-state index in [9.17, 15) is 22.7 Å². The molecular formula is C9H12F4N2O3S. The molecule has 110 valence electrons. The number of ether oxygens (including phenoxy) is 1. The van der Waals surface area contributed by atoms with Crippen molar-refractivity contribution in [1.82, 2.24) is 5.32 Å². The summed E-state index contributed by atoms with van der Waals surface area (Å²) >= 11 is 0.919. The standard InChI is InChI=1S/C9H12F4N2O3S/c1-14-8-15-3-2(10)4(16)5(18-7(3)19-8)6(17)9(11,12)13/h2-7,16-17H,1H3,(H,14,15)/t2-,3+,4-,5-,6+,7+/m0/s1. The number of alkyl halides is 4. The van der Waals surface area contributed by atoms with Crippen LogP contribution >= 0.6 is 11.8 Å². The first-order valence-electron chi connectivity index (χ1n) is 5.40. The van der Waals surface area contributed by atoms with Gasteiger partial charge in [-0.15, -0.1) is 0 Å². The highest BCUT2D eigenvalue weighted by Gasteiger charge is 2.56. The van der Waals surface area contributed by atoms with Gasteiger partial charge < -0.3 is 20.3 Å². The summed E-state index contributed by atoms with van der Waals surface area (Å²) in [5.41, 5.74) is -0.997. The van der Waals surface area contributed by atoms with Crippen LogP contribution in [0.3, 0.4) is 0 Å². The third-order valence-electron chi connectivity index (χ3n) is 2.91. The summed E-state index contributed by atoms with van der Waals surface area (Å²) in [5.74, 6) is 0. The van der Waals surface area contributed by atoms with Gasteiger partial charge in [-0.25, -0.2) is 4.39 Å². The van der Waals surface area contributed by atoms with Crippen molar-refractivity contribution in [3.05, 3.63) is 0 Å². The summed E-state index contributed by atoms with van der Waals surface area (Å²) in [7, 11) is 1.52. The lowest BCUT2D eigenvalue weighted by Gasteiger charge is -2.39. The van der Waals surface area contributed by atoms with Crippen LogP contribution < -0.4 is 5.32 Å². The van der Waals surface area contributed by atoms with Gasteiger partial charge in [-0.2, -0.15) is 13.2 Å². The Morgan fingerprint density at radius 2 is 2.11 bits per heavy atom. The molecule has 5 nitrogen and oxygen atoms in total. The quantitative estimate of drug-likeness (QED) is 0.596. The van der Waals surface area contributed by atoms with Crippen molar-refractivity contribution >= 4 is 16.9 Å². The topological polar surface area (TPSA) is 74.1 Å². The maximum atomic E-state index is 13.9. The van der Waals surface area contributed by atoms with Gasteiger partial charge >= 0.3 is 6.18 Å². The molecule has 0 aromatic carbocycles. The Hall–Kier alpha value is -0.580. The number of hydrogen-bond acceptors (Lipinski definition) is 6. The molecule has 0 saturated carbocycles. The number of nitrogens with zero attached hydrogens (tertiary/aromatic N) is 1. The first kappa shape index (κ1) is 14.8. The van der Waals surface area contributed by atoms with Crippen molar-refractivity contribution in [1.29, 1.82) is 0 Å². The van der Waals surface area contributed by atoms with Gasteiger partial charge in [0.05, 0.1) is 0 Å². The van der Waals surface area contributed by atoms with Crippen LogP contribution in [0.4, 0.5) is 17.6 Å². The first-order valence-corrected chi connectivity index (χ1v) is 6.28. The molecule has 0 spiro atoms. The summed E-state index contributed by atoms with van der Waals surface area (Å²) in [6.07, 6.45) is -14.1. The molecule has 2 heterocycles. The molecule has 0 radical (unpaired) electrons. The molecule has 2 rings (SSSR count). The predicted molar refractivity (Wildman–Crippen MR) is 59.5 cm³/mol. The van der Waals surface area contributed by atoms with Gasteiger partial charge in [-0.05, 0) is 0 Å². The van der Waals surface area contributed by atoms with Gasteiger partial charge in [-0.3, -0.25) is 4.99 Å². The van der Waals surface area contributed by atoms with Crippen LogP contribution in [0.1, 0.15) is 0 Å². The fraction of sp³-hybridized carbons (Fsp3) is 0.889. The number of thioether (sulfide) groups is 1. The molecule has 6 atom stereocenters. The van der Waals surface area contributed by atoms with E-state index in [2.05, 4.69) is 10.3 Å². The third-order valence-corrected chi connectivity index (χ3v) is 4.07. The number of aliphatic hydroxyl groups is 2. The van der Waals surface area contributed by atoms with Gasteiger partial charge in [0.25, 0.3) is 0 Å². The van der Waals surface area contributed by atoms with E-state index in [0.717, 1.165) is 11.8 Å². The zero-order chi connectivity index (χ0) is 14.4. The summed E-state index contributed by atoms with van der Waals surface area (Å²) in [6.45, 7) is 0. The molecular weight excluding hydrogens is 292 g/mol. The molecule has 2 aliphatic heterocycles. The average molecular weight is 304 g/mol. The zero-order valence-electron chi connectivity index (χ0n) is 9.63. The highest BCUT2D eigenvalue weighted by atomic mass is 32.2. The Kier molecular flexibility index (Phi) is 3.96. The molecule has 19 heavy (non-hydrogen) atoms. The van der Waals surface area contributed by atoms with E-state index in [4.69, 9.17) is 9.84 Å². The number of nitrogens with one attached hydrogen (secondary N) is 1. The van der Waals surface area contributed by atoms with E-state index in [1.807, 2.05) is 0 Å². The third kappa shape index (κ3) is 2.67. The van der Waals surface area contributed by atoms with E-state index in [1.165, 1.54) is 7.05 Å². The Morgan fingerprint density at radius 1 is 1.47 bits per heavy atom. The molecule has 3 N–H and O–H groups in total. The van der Waals surface area contributed by atoms with Crippen LogP contribution in [-0.4, -0.2) is 64.6 Å². The second-order valence-corrected chi connectivity index (χ2v) is 5.27. The smallest absolute Gasteiger partial charge is 0.387 e. The maximum Gasteiger partial charge on any atom is 0.417 e. The highest BCUT2D eigenvalue weighted by molar-refractivity contribution is 8.14. The number of aliphatic hydroxyl groups excluding tert-OH is 2. The first-order chi connectivity index (χ1) is 8.75. The number of hydrogen-bond donors (Lipinski definition) is 3. The SMILES string of the molecule is CNC1=N[C@@H]2[C@H](F)[C@H](O)[C@@H]([C@@H](O)C(F)(F)F)O[C@@H]2S1. The van der Waals surface area contributed by atoms with Crippen LogP contribution in [0.2, 0.25) is 0 Å². The fourth-order valence-electron chi connectivity index (χ4n) is 1.93. The lowest BCUT2D eigenvalue weighted by atomic mass is 9.96. The number of rotatable bonds is 1. The van der Waals surface area contributed by atoms with E-state index >= 15 is 0 Å². The maximum absolute atomic E-state index is 13.9. The Balaban J connectivity index is 2.16. The molecule has 1 fully saturated rings. The molecule has 0 unspecified atom stereocenters. The van der Waals surface area contributed by atoms with E-state index in [1.54, 1.807) is 0 Å². The molecule has 0 bridgehead atoms. The van der Waals surface area contributed by atoms with Crippen LogP contribution in [0.15, 0.2) is 4.99 Å². The van der Waals surface area contributed by atoms with Gasteiger partial charge in [0.2, 0.25) is 0 Å². The van der Waals surface area contributed by atoms with E-state index in [-0.39, 0.29) is 0 Å².